The van der Waals surface area contributed by atoms with E-state index in [4.69, 9.17) is 0 Å². The van der Waals surface area contributed by atoms with E-state index in [9.17, 15) is 9.90 Å². The van der Waals surface area contributed by atoms with Gasteiger partial charge in [-0.3, -0.25) is 9.69 Å². The van der Waals surface area contributed by atoms with Crippen molar-refractivity contribution in [3.63, 3.8) is 0 Å². The van der Waals surface area contributed by atoms with Crippen LogP contribution >= 0.6 is 0 Å². The second-order valence-corrected chi connectivity index (χ2v) is 5.64. The van der Waals surface area contributed by atoms with Gasteiger partial charge in [0.25, 0.3) is 0 Å². The molecule has 0 saturated carbocycles. The van der Waals surface area contributed by atoms with Crippen molar-refractivity contribution in [1.82, 2.24) is 4.90 Å². The fourth-order valence-corrected chi connectivity index (χ4v) is 2.73. The molecule has 94 valence electrons. The van der Waals surface area contributed by atoms with Gasteiger partial charge in [0.2, 0.25) is 0 Å². The highest BCUT2D eigenvalue weighted by Crippen LogP contribution is 2.35. The summed E-state index contributed by atoms with van der Waals surface area (Å²) in [5.41, 5.74) is -0.481. The maximum absolute atomic E-state index is 11.3. The molecular weight excluding hydrogens is 202 g/mol. The van der Waals surface area contributed by atoms with Crippen molar-refractivity contribution in [1.29, 1.82) is 0 Å². The number of rotatable bonds is 5. The van der Waals surface area contributed by atoms with Crippen LogP contribution in [0.5, 0.6) is 0 Å². The number of hydrogen-bond donors (Lipinski definition) is 1. The van der Waals surface area contributed by atoms with Gasteiger partial charge in [-0.15, -0.1) is 0 Å². The van der Waals surface area contributed by atoms with Gasteiger partial charge in [-0.25, -0.2) is 0 Å². The highest BCUT2D eigenvalue weighted by Gasteiger charge is 2.44. The Hall–Kier alpha value is -0.570. The van der Waals surface area contributed by atoms with Gasteiger partial charge in [0.1, 0.15) is 0 Å². The van der Waals surface area contributed by atoms with Crippen molar-refractivity contribution in [3.8, 4) is 0 Å². The lowest BCUT2D eigenvalue weighted by Gasteiger charge is -2.28. The van der Waals surface area contributed by atoms with Crippen LogP contribution in [0.1, 0.15) is 47.0 Å². The van der Waals surface area contributed by atoms with Crippen molar-refractivity contribution in [2.45, 2.75) is 53.0 Å². The summed E-state index contributed by atoms with van der Waals surface area (Å²) in [5, 5.41) is 9.32. The summed E-state index contributed by atoms with van der Waals surface area (Å²) in [5.74, 6) is 0.0608. The molecule has 0 aliphatic carbocycles. The van der Waals surface area contributed by atoms with Crippen LogP contribution in [-0.4, -0.2) is 35.1 Å². The fraction of sp³-hybridized carbons (Fsp3) is 0.923. The molecule has 2 atom stereocenters. The summed E-state index contributed by atoms with van der Waals surface area (Å²) >= 11 is 0. The molecule has 1 aliphatic rings. The average molecular weight is 227 g/mol. The molecule has 0 aromatic rings. The minimum atomic E-state index is -0.616. The minimum Gasteiger partial charge on any atom is -0.481 e. The molecule has 1 rings (SSSR count). The Labute approximate surface area is 98.8 Å². The Morgan fingerprint density at radius 2 is 2.06 bits per heavy atom. The van der Waals surface area contributed by atoms with E-state index in [1.165, 1.54) is 0 Å². The van der Waals surface area contributed by atoms with E-state index in [0.717, 1.165) is 32.4 Å². The molecule has 3 heteroatoms. The van der Waals surface area contributed by atoms with Crippen LogP contribution in [-0.2, 0) is 4.79 Å². The molecule has 1 aliphatic heterocycles. The predicted octanol–water partition coefficient (Wildman–Crippen LogP) is 2.61. The molecule has 0 aromatic heterocycles. The molecule has 0 aromatic carbocycles. The SMILES string of the molecule is CCC1(C(=O)O)CCN(C(C)CC(C)C)C1. The van der Waals surface area contributed by atoms with Crippen LogP contribution in [0, 0.1) is 11.3 Å². The van der Waals surface area contributed by atoms with E-state index in [1.54, 1.807) is 0 Å². The second kappa shape index (κ2) is 5.17. The molecule has 0 spiro atoms. The molecule has 2 unspecified atom stereocenters. The fourth-order valence-electron chi connectivity index (χ4n) is 2.73. The zero-order valence-electron chi connectivity index (χ0n) is 11.0. The maximum Gasteiger partial charge on any atom is 0.310 e. The number of carboxylic acid groups (broad SMARTS) is 1. The monoisotopic (exact) mass is 227 g/mol. The third-order valence-corrected chi connectivity index (χ3v) is 3.95. The largest absolute Gasteiger partial charge is 0.481 e. The zero-order valence-corrected chi connectivity index (χ0v) is 11.0. The summed E-state index contributed by atoms with van der Waals surface area (Å²) in [6, 6.07) is 0.507. The van der Waals surface area contributed by atoms with Gasteiger partial charge in [-0.2, -0.15) is 0 Å². The summed E-state index contributed by atoms with van der Waals surface area (Å²) in [6.07, 6.45) is 2.70. The second-order valence-electron chi connectivity index (χ2n) is 5.64. The van der Waals surface area contributed by atoms with Gasteiger partial charge in [-0.1, -0.05) is 20.8 Å². The molecule has 1 fully saturated rings. The molecular formula is C13H25NO2. The summed E-state index contributed by atoms with van der Waals surface area (Å²) in [4.78, 5) is 13.7. The van der Waals surface area contributed by atoms with Gasteiger partial charge in [-0.05, 0) is 38.6 Å². The zero-order chi connectivity index (χ0) is 12.3. The van der Waals surface area contributed by atoms with Gasteiger partial charge in [0.05, 0.1) is 5.41 Å². The van der Waals surface area contributed by atoms with Gasteiger partial charge in [0, 0.05) is 12.6 Å². The first kappa shape index (κ1) is 13.5. The van der Waals surface area contributed by atoms with E-state index in [0.29, 0.717) is 12.0 Å². The van der Waals surface area contributed by atoms with Crippen LogP contribution in [0.3, 0.4) is 0 Å². The molecule has 3 nitrogen and oxygen atoms in total. The number of carbonyl (C=O) groups is 1. The number of nitrogens with zero attached hydrogens (tertiary/aromatic N) is 1. The number of hydrogen-bond acceptors (Lipinski definition) is 2. The lowest BCUT2D eigenvalue weighted by molar-refractivity contribution is -0.148. The quantitative estimate of drug-likeness (QED) is 0.785. The van der Waals surface area contributed by atoms with E-state index >= 15 is 0 Å². The van der Waals surface area contributed by atoms with Crippen molar-refractivity contribution in [2.75, 3.05) is 13.1 Å². The first-order valence-electron chi connectivity index (χ1n) is 6.38. The Kier molecular flexibility index (Phi) is 4.36. The van der Waals surface area contributed by atoms with E-state index in [1.807, 2.05) is 6.92 Å². The van der Waals surface area contributed by atoms with Gasteiger partial charge in [0.15, 0.2) is 0 Å². The van der Waals surface area contributed by atoms with Gasteiger partial charge < -0.3 is 5.11 Å². The Morgan fingerprint density at radius 3 is 2.44 bits per heavy atom. The summed E-state index contributed by atoms with van der Waals surface area (Å²) < 4.78 is 0. The smallest absolute Gasteiger partial charge is 0.310 e. The van der Waals surface area contributed by atoms with Crippen LogP contribution in [0.2, 0.25) is 0 Å². The third-order valence-electron chi connectivity index (χ3n) is 3.95. The normalized spacial score (nSPS) is 28.6. The van der Waals surface area contributed by atoms with Crippen molar-refractivity contribution in [3.05, 3.63) is 0 Å². The number of carboxylic acids is 1. The molecule has 1 N–H and O–H groups in total. The minimum absolute atomic E-state index is 0.481. The average Bonchev–Trinajstić information content (AvgIpc) is 2.61. The topological polar surface area (TPSA) is 40.5 Å². The third kappa shape index (κ3) is 2.76. The lowest BCUT2D eigenvalue weighted by atomic mass is 9.84. The highest BCUT2D eigenvalue weighted by atomic mass is 16.4. The Morgan fingerprint density at radius 1 is 1.44 bits per heavy atom. The molecule has 0 radical (unpaired) electrons. The van der Waals surface area contributed by atoms with Crippen LogP contribution in [0.4, 0.5) is 0 Å². The summed E-state index contributed by atoms with van der Waals surface area (Å²) in [6.45, 7) is 10.3. The van der Waals surface area contributed by atoms with Crippen molar-refractivity contribution < 1.29 is 9.90 Å². The molecule has 0 bridgehead atoms. The first-order chi connectivity index (χ1) is 7.41. The van der Waals surface area contributed by atoms with Crippen LogP contribution in [0.15, 0.2) is 0 Å². The first-order valence-corrected chi connectivity index (χ1v) is 6.38. The number of likely N-dealkylation sites (tertiary alicyclic amines) is 1. The molecule has 1 heterocycles. The molecule has 16 heavy (non-hydrogen) atoms. The van der Waals surface area contributed by atoms with Crippen molar-refractivity contribution >= 4 is 5.97 Å². The molecule has 1 saturated heterocycles. The number of aliphatic carboxylic acids is 1. The van der Waals surface area contributed by atoms with Gasteiger partial charge >= 0.3 is 5.97 Å². The van der Waals surface area contributed by atoms with E-state index in [2.05, 4.69) is 25.7 Å². The van der Waals surface area contributed by atoms with Crippen LogP contribution in [0.25, 0.3) is 0 Å². The highest BCUT2D eigenvalue weighted by molar-refractivity contribution is 5.75. The predicted molar refractivity (Wildman–Crippen MR) is 65.5 cm³/mol. The van der Waals surface area contributed by atoms with E-state index in [-0.39, 0.29) is 0 Å². The maximum atomic E-state index is 11.3. The molecule has 0 amide bonds. The standard InChI is InChI=1S/C13H25NO2/c1-5-13(12(15)16)6-7-14(9-13)11(4)8-10(2)3/h10-11H,5-9H2,1-4H3,(H,15,16). The Bertz CT molecular complexity index is 252. The summed E-state index contributed by atoms with van der Waals surface area (Å²) in [7, 11) is 0. The van der Waals surface area contributed by atoms with E-state index < -0.39 is 11.4 Å². The van der Waals surface area contributed by atoms with Crippen molar-refractivity contribution in [2.24, 2.45) is 11.3 Å². The lowest BCUT2D eigenvalue weighted by Crippen LogP contribution is -2.38. The van der Waals surface area contributed by atoms with Crippen LogP contribution < -0.4 is 0 Å². The Balaban J connectivity index is 2.60.